The van der Waals surface area contributed by atoms with Crippen LogP contribution in [0.15, 0.2) is 36.0 Å². The molecule has 0 saturated heterocycles. The summed E-state index contributed by atoms with van der Waals surface area (Å²) in [6.45, 7) is 3.73. The van der Waals surface area contributed by atoms with Crippen LogP contribution in [0.3, 0.4) is 0 Å². The predicted molar refractivity (Wildman–Crippen MR) is 72.1 cm³/mol. The number of Topliss-reactive ketones (excluding diaryl/α,β-unsaturated/α-hetero) is 1. The summed E-state index contributed by atoms with van der Waals surface area (Å²) in [5.74, 6) is -0.119. The van der Waals surface area contributed by atoms with E-state index in [0.29, 0.717) is 15.6 Å². The van der Waals surface area contributed by atoms with E-state index >= 15 is 0 Å². The van der Waals surface area contributed by atoms with Gasteiger partial charge in [-0.15, -0.1) is 0 Å². The van der Waals surface area contributed by atoms with Crippen molar-refractivity contribution in [1.82, 2.24) is 4.90 Å². The van der Waals surface area contributed by atoms with Crippen molar-refractivity contribution in [2.45, 2.75) is 0 Å². The van der Waals surface area contributed by atoms with E-state index < -0.39 is 0 Å². The van der Waals surface area contributed by atoms with E-state index in [1.807, 2.05) is 0 Å². The third kappa shape index (κ3) is 3.88. The van der Waals surface area contributed by atoms with Crippen LogP contribution in [0.1, 0.15) is 10.4 Å². The van der Waals surface area contributed by atoms with Crippen molar-refractivity contribution in [1.29, 1.82) is 0 Å². The SMILES string of the molecule is C=CN(C=NC)CC(=O)c1ccc(Cl)cc1Cl. The molecule has 0 bridgehead atoms. The van der Waals surface area contributed by atoms with Crippen molar-refractivity contribution in [2.75, 3.05) is 13.6 Å². The minimum atomic E-state index is -0.119. The number of hydrogen-bond acceptors (Lipinski definition) is 2. The average molecular weight is 271 g/mol. The molecular weight excluding hydrogens is 259 g/mol. The molecule has 0 unspecified atom stereocenters. The molecule has 0 fully saturated rings. The van der Waals surface area contributed by atoms with E-state index in [4.69, 9.17) is 23.2 Å². The highest BCUT2D eigenvalue weighted by Crippen LogP contribution is 2.21. The molecular formula is C12H12Cl2N2O. The first kappa shape index (κ1) is 13.7. The summed E-state index contributed by atoms with van der Waals surface area (Å²) < 4.78 is 0. The zero-order valence-corrected chi connectivity index (χ0v) is 10.9. The molecule has 0 aliphatic heterocycles. The van der Waals surface area contributed by atoms with Crippen molar-refractivity contribution in [3.8, 4) is 0 Å². The van der Waals surface area contributed by atoms with Gasteiger partial charge < -0.3 is 4.90 Å². The topological polar surface area (TPSA) is 32.7 Å². The van der Waals surface area contributed by atoms with E-state index in [0.717, 1.165) is 0 Å². The van der Waals surface area contributed by atoms with Gasteiger partial charge in [0.05, 0.1) is 17.9 Å². The van der Waals surface area contributed by atoms with Crippen LogP contribution in [0.25, 0.3) is 0 Å². The number of ketones is 1. The first-order valence-corrected chi connectivity index (χ1v) is 5.63. The molecule has 0 spiro atoms. The Hall–Kier alpha value is -1.32. The van der Waals surface area contributed by atoms with Gasteiger partial charge in [0.2, 0.25) is 0 Å². The van der Waals surface area contributed by atoms with Crippen molar-refractivity contribution in [3.63, 3.8) is 0 Å². The van der Waals surface area contributed by atoms with Crippen LogP contribution in [0.4, 0.5) is 0 Å². The first-order chi connectivity index (χ1) is 8.08. The van der Waals surface area contributed by atoms with Gasteiger partial charge >= 0.3 is 0 Å². The molecule has 0 amide bonds. The third-order valence-electron chi connectivity index (χ3n) is 2.06. The second-order valence-corrected chi connectivity index (χ2v) is 4.12. The van der Waals surface area contributed by atoms with Crippen molar-refractivity contribution in [2.24, 2.45) is 4.99 Å². The first-order valence-electron chi connectivity index (χ1n) is 4.87. The van der Waals surface area contributed by atoms with Gasteiger partial charge in [0.25, 0.3) is 0 Å². The molecule has 1 aromatic carbocycles. The molecule has 5 heteroatoms. The summed E-state index contributed by atoms with van der Waals surface area (Å²) in [6.07, 6.45) is 3.05. The molecule has 1 aromatic rings. The Morgan fingerprint density at radius 3 is 2.76 bits per heavy atom. The van der Waals surface area contributed by atoms with Crippen LogP contribution in [0.2, 0.25) is 10.0 Å². The van der Waals surface area contributed by atoms with Gasteiger partial charge in [0, 0.05) is 17.6 Å². The number of halogens is 2. The monoisotopic (exact) mass is 270 g/mol. The molecule has 0 saturated carbocycles. The quantitative estimate of drug-likeness (QED) is 0.467. The fourth-order valence-electron chi connectivity index (χ4n) is 1.27. The minimum absolute atomic E-state index is 0.119. The lowest BCUT2D eigenvalue weighted by molar-refractivity contribution is 0.0976. The lowest BCUT2D eigenvalue weighted by atomic mass is 10.1. The van der Waals surface area contributed by atoms with Crippen LogP contribution in [-0.4, -0.2) is 30.6 Å². The van der Waals surface area contributed by atoms with E-state index in [1.54, 1.807) is 30.1 Å². The van der Waals surface area contributed by atoms with E-state index in [1.165, 1.54) is 12.5 Å². The number of nitrogens with zero attached hydrogens (tertiary/aromatic N) is 2. The highest BCUT2D eigenvalue weighted by molar-refractivity contribution is 6.36. The van der Waals surface area contributed by atoms with Crippen LogP contribution < -0.4 is 0 Å². The van der Waals surface area contributed by atoms with Gasteiger partial charge in [-0.1, -0.05) is 29.8 Å². The van der Waals surface area contributed by atoms with Gasteiger partial charge in [-0.2, -0.15) is 0 Å². The molecule has 90 valence electrons. The van der Waals surface area contributed by atoms with E-state index in [9.17, 15) is 4.79 Å². The largest absolute Gasteiger partial charge is 0.332 e. The number of carbonyl (C=O) groups is 1. The molecule has 3 nitrogen and oxygen atoms in total. The normalized spacial score (nSPS) is 10.5. The molecule has 0 atom stereocenters. The highest BCUT2D eigenvalue weighted by atomic mass is 35.5. The zero-order chi connectivity index (χ0) is 12.8. The van der Waals surface area contributed by atoms with Crippen molar-refractivity contribution in [3.05, 3.63) is 46.6 Å². The van der Waals surface area contributed by atoms with Crippen LogP contribution >= 0.6 is 23.2 Å². The maximum atomic E-state index is 11.9. The maximum absolute atomic E-state index is 11.9. The van der Waals surface area contributed by atoms with Crippen molar-refractivity contribution >= 4 is 35.3 Å². The molecule has 0 radical (unpaired) electrons. The Kier molecular flexibility index (Phi) is 5.19. The lowest BCUT2D eigenvalue weighted by Crippen LogP contribution is -2.23. The molecule has 0 N–H and O–H groups in total. The summed E-state index contributed by atoms with van der Waals surface area (Å²) in [6, 6.07) is 4.78. The van der Waals surface area contributed by atoms with Crippen LogP contribution in [0.5, 0.6) is 0 Å². The second-order valence-electron chi connectivity index (χ2n) is 3.28. The Balaban J connectivity index is 2.86. The fourth-order valence-corrected chi connectivity index (χ4v) is 1.78. The van der Waals surface area contributed by atoms with Crippen LogP contribution in [0, 0.1) is 0 Å². The molecule has 1 rings (SSSR count). The van der Waals surface area contributed by atoms with Crippen LogP contribution in [-0.2, 0) is 0 Å². The van der Waals surface area contributed by atoms with Gasteiger partial charge in [-0.3, -0.25) is 9.79 Å². The summed E-state index contributed by atoms with van der Waals surface area (Å²) >= 11 is 11.7. The Morgan fingerprint density at radius 1 is 1.53 bits per heavy atom. The van der Waals surface area contributed by atoms with E-state index in [2.05, 4.69) is 11.6 Å². The minimum Gasteiger partial charge on any atom is -0.332 e. The van der Waals surface area contributed by atoms with Gasteiger partial charge in [0.15, 0.2) is 5.78 Å². The summed E-state index contributed by atoms with van der Waals surface area (Å²) in [7, 11) is 1.62. The predicted octanol–water partition coefficient (Wildman–Crippen LogP) is 3.28. The number of rotatable bonds is 5. The number of aliphatic imine (C=N–C) groups is 1. The second kappa shape index (κ2) is 6.42. The zero-order valence-electron chi connectivity index (χ0n) is 9.36. The van der Waals surface area contributed by atoms with Gasteiger partial charge in [-0.05, 0) is 24.4 Å². The maximum Gasteiger partial charge on any atom is 0.184 e. The summed E-state index contributed by atoms with van der Waals surface area (Å²) in [5, 5.41) is 0.849. The number of carbonyl (C=O) groups excluding carboxylic acids is 1. The molecule has 0 aromatic heterocycles. The molecule has 0 aliphatic carbocycles. The van der Waals surface area contributed by atoms with Gasteiger partial charge in [-0.25, -0.2) is 0 Å². The molecule has 0 aliphatic rings. The highest BCUT2D eigenvalue weighted by Gasteiger charge is 2.12. The summed E-state index contributed by atoms with van der Waals surface area (Å²) in [5.41, 5.74) is 0.437. The fraction of sp³-hybridized carbons (Fsp3) is 0.167. The Bertz CT molecular complexity index is 458. The third-order valence-corrected chi connectivity index (χ3v) is 2.60. The van der Waals surface area contributed by atoms with Gasteiger partial charge in [0.1, 0.15) is 0 Å². The molecule has 17 heavy (non-hydrogen) atoms. The Morgan fingerprint density at radius 2 is 2.24 bits per heavy atom. The standard InChI is InChI=1S/C12H12Cl2N2O/c1-3-16(8-15-2)7-12(17)10-5-4-9(13)6-11(10)14/h3-6,8H,1,7H2,2H3. The molecule has 0 heterocycles. The number of hydrogen-bond donors (Lipinski definition) is 0. The number of benzene rings is 1. The van der Waals surface area contributed by atoms with E-state index in [-0.39, 0.29) is 12.3 Å². The lowest BCUT2D eigenvalue weighted by Gasteiger charge is -2.13. The summed E-state index contributed by atoms with van der Waals surface area (Å²) in [4.78, 5) is 17.3. The average Bonchev–Trinajstić information content (AvgIpc) is 2.28. The smallest absolute Gasteiger partial charge is 0.184 e. The Labute approximate surface area is 110 Å². The van der Waals surface area contributed by atoms with Crippen molar-refractivity contribution < 1.29 is 4.79 Å².